The predicted octanol–water partition coefficient (Wildman–Crippen LogP) is 3.44. The number of rotatable bonds is 3. The van der Waals surface area contributed by atoms with Gasteiger partial charge in [-0.25, -0.2) is 0 Å². The van der Waals surface area contributed by atoms with Gasteiger partial charge in [-0.15, -0.1) is 0 Å². The topological polar surface area (TPSA) is 74.6 Å². The molecule has 0 bridgehead atoms. The van der Waals surface area contributed by atoms with Gasteiger partial charge in [-0.2, -0.15) is 5.10 Å². The number of anilines is 1. The summed E-state index contributed by atoms with van der Waals surface area (Å²) in [5, 5.41) is 7.36. The summed E-state index contributed by atoms with van der Waals surface area (Å²) in [6.45, 7) is 3.18. The summed E-state index contributed by atoms with van der Waals surface area (Å²) in [6, 6.07) is 15.2. The molecule has 1 N–H and O–H groups in total. The average molecular weight is 377 g/mol. The number of fused-ring (bicyclic) bond motifs is 2. The molecule has 0 aliphatic carbocycles. The predicted molar refractivity (Wildman–Crippen MR) is 101 cm³/mol. The van der Waals surface area contributed by atoms with Gasteiger partial charge in [0.05, 0.1) is 18.8 Å². The van der Waals surface area contributed by atoms with E-state index in [0.717, 1.165) is 34.0 Å². The van der Waals surface area contributed by atoms with Crippen LogP contribution >= 0.6 is 0 Å². The SMILES string of the molecule is Cc1ccc(NC(=O)c2cc3n(n2)CC(c2ccc4c(c2)OCO4)OC3)cc1. The number of hydrogen-bond donors (Lipinski definition) is 1. The van der Waals surface area contributed by atoms with E-state index in [-0.39, 0.29) is 18.8 Å². The zero-order chi connectivity index (χ0) is 19.1. The van der Waals surface area contributed by atoms with Crippen molar-refractivity contribution in [3.05, 3.63) is 71.0 Å². The lowest BCUT2D eigenvalue weighted by atomic mass is 10.1. The minimum Gasteiger partial charge on any atom is -0.454 e. The smallest absolute Gasteiger partial charge is 0.276 e. The summed E-state index contributed by atoms with van der Waals surface area (Å²) in [5.74, 6) is 1.24. The number of ether oxygens (including phenoxy) is 3. The number of hydrogen-bond acceptors (Lipinski definition) is 5. The molecule has 7 nitrogen and oxygen atoms in total. The Morgan fingerprint density at radius 1 is 1.11 bits per heavy atom. The van der Waals surface area contributed by atoms with Crippen LogP contribution in [0, 0.1) is 6.92 Å². The average Bonchev–Trinajstić information content (AvgIpc) is 3.35. The lowest BCUT2D eigenvalue weighted by molar-refractivity contribution is -0.00127. The molecule has 1 amide bonds. The zero-order valence-corrected chi connectivity index (χ0v) is 15.3. The Morgan fingerprint density at radius 2 is 1.93 bits per heavy atom. The van der Waals surface area contributed by atoms with Gasteiger partial charge in [0.25, 0.3) is 5.91 Å². The molecule has 0 spiro atoms. The van der Waals surface area contributed by atoms with Crippen LogP contribution in [0.3, 0.4) is 0 Å². The van der Waals surface area contributed by atoms with Crippen molar-refractivity contribution in [1.29, 1.82) is 0 Å². The highest BCUT2D eigenvalue weighted by atomic mass is 16.7. The Kier molecular flexibility index (Phi) is 4.02. The number of nitrogens with one attached hydrogen (secondary N) is 1. The van der Waals surface area contributed by atoms with Gasteiger partial charge >= 0.3 is 0 Å². The van der Waals surface area contributed by atoms with Crippen molar-refractivity contribution < 1.29 is 19.0 Å². The monoisotopic (exact) mass is 377 g/mol. The first-order valence-corrected chi connectivity index (χ1v) is 9.11. The Hall–Kier alpha value is -3.32. The first-order chi connectivity index (χ1) is 13.7. The minimum absolute atomic E-state index is 0.157. The van der Waals surface area contributed by atoms with Crippen LogP contribution in [0.25, 0.3) is 0 Å². The van der Waals surface area contributed by atoms with Crippen molar-refractivity contribution in [1.82, 2.24) is 9.78 Å². The second-order valence-corrected chi connectivity index (χ2v) is 6.94. The van der Waals surface area contributed by atoms with Gasteiger partial charge in [0, 0.05) is 5.69 Å². The summed E-state index contributed by atoms with van der Waals surface area (Å²) in [4.78, 5) is 12.5. The molecule has 1 atom stereocenters. The maximum atomic E-state index is 12.5. The molecule has 5 rings (SSSR count). The van der Waals surface area contributed by atoms with Crippen LogP contribution in [-0.2, 0) is 17.9 Å². The molecule has 7 heteroatoms. The van der Waals surface area contributed by atoms with E-state index in [1.807, 2.05) is 54.1 Å². The van der Waals surface area contributed by atoms with Gasteiger partial charge in [-0.3, -0.25) is 9.48 Å². The Balaban J connectivity index is 1.32. The molecule has 0 fully saturated rings. The normalized spacial score (nSPS) is 17.2. The Morgan fingerprint density at radius 3 is 2.79 bits per heavy atom. The van der Waals surface area contributed by atoms with Gasteiger partial charge in [-0.1, -0.05) is 23.8 Å². The quantitative estimate of drug-likeness (QED) is 0.757. The van der Waals surface area contributed by atoms with Crippen molar-refractivity contribution in [2.75, 3.05) is 12.1 Å². The Labute approximate surface area is 161 Å². The molecule has 0 radical (unpaired) electrons. The van der Waals surface area contributed by atoms with Crippen LogP contribution in [0.2, 0.25) is 0 Å². The third-order valence-electron chi connectivity index (χ3n) is 4.94. The number of nitrogens with zero attached hydrogens (tertiary/aromatic N) is 2. The summed E-state index contributed by atoms with van der Waals surface area (Å²) in [6.07, 6.45) is -0.157. The third-order valence-corrected chi connectivity index (χ3v) is 4.94. The molecular formula is C21H19N3O4. The molecule has 3 heterocycles. The lowest BCUT2D eigenvalue weighted by Gasteiger charge is -2.24. The van der Waals surface area contributed by atoms with Crippen LogP contribution < -0.4 is 14.8 Å². The molecule has 3 aromatic rings. The van der Waals surface area contributed by atoms with Crippen molar-refractivity contribution in [2.24, 2.45) is 0 Å². The van der Waals surface area contributed by atoms with Crippen LogP contribution in [0.1, 0.15) is 33.4 Å². The molecule has 1 aromatic heterocycles. The van der Waals surface area contributed by atoms with Gasteiger partial charge in [-0.05, 0) is 42.8 Å². The lowest BCUT2D eigenvalue weighted by Crippen LogP contribution is -2.22. The van der Waals surface area contributed by atoms with Crippen LogP contribution in [0.15, 0.2) is 48.5 Å². The standard InChI is InChI=1S/C21H19N3O4/c1-13-2-5-15(6-3-13)22-21(25)17-9-16-11-26-20(10-24(16)23-17)14-4-7-18-19(8-14)28-12-27-18/h2-9,20H,10-12H2,1H3,(H,22,25). The van der Waals surface area contributed by atoms with Gasteiger partial charge in [0.15, 0.2) is 17.2 Å². The van der Waals surface area contributed by atoms with Crippen molar-refractivity contribution in [3.63, 3.8) is 0 Å². The number of amides is 1. The van der Waals surface area contributed by atoms with E-state index in [4.69, 9.17) is 14.2 Å². The van der Waals surface area contributed by atoms with E-state index in [2.05, 4.69) is 10.4 Å². The fraction of sp³-hybridized carbons (Fsp3) is 0.238. The fourth-order valence-electron chi connectivity index (χ4n) is 3.38. The van der Waals surface area contributed by atoms with E-state index in [0.29, 0.717) is 18.8 Å². The summed E-state index contributed by atoms with van der Waals surface area (Å²) in [7, 11) is 0. The number of aromatic nitrogens is 2. The van der Waals surface area contributed by atoms with E-state index >= 15 is 0 Å². The number of aryl methyl sites for hydroxylation is 1. The van der Waals surface area contributed by atoms with Crippen LogP contribution in [-0.4, -0.2) is 22.5 Å². The Bertz CT molecular complexity index is 1040. The van der Waals surface area contributed by atoms with Crippen LogP contribution in [0.5, 0.6) is 11.5 Å². The molecule has 0 saturated heterocycles. The molecule has 142 valence electrons. The largest absolute Gasteiger partial charge is 0.454 e. The molecule has 1 unspecified atom stereocenters. The van der Waals surface area contributed by atoms with E-state index in [1.54, 1.807) is 6.07 Å². The van der Waals surface area contributed by atoms with Gasteiger partial charge in [0.1, 0.15) is 6.10 Å². The van der Waals surface area contributed by atoms with Crippen LogP contribution in [0.4, 0.5) is 5.69 Å². The molecule has 2 aliphatic rings. The first-order valence-electron chi connectivity index (χ1n) is 9.11. The molecule has 28 heavy (non-hydrogen) atoms. The molecular weight excluding hydrogens is 358 g/mol. The minimum atomic E-state index is -0.231. The molecule has 2 aliphatic heterocycles. The van der Waals surface area contributed by atoms with Crippen molar-refractivity contribution in [3.8, 4) is 11.5 Å². The molecule has 2 aromatic carbocycles. The van der Waals surface area contributed by atoms with Crippen molar-refractivity contribution >= 4 is 11.6 Å². The second kappa shape index (κ2) is 6.69. The number of carbonyl (C=O) groups excluding carboxylic acids is 1. The highest BCUT2D eigenvalue weighted by molar-refractivity contribution is 6.02. The maximum absolute atomic E-state index is 12.5. The zero-order valence-electron chi connectivity index (χ0n) is 15.3. The summed E-state index contributed by atoms with van der Waals surface area (Å²) < 4.78 is 18.6. The van der Waals surface area contributed by atoms with E-state index in [9.17, 15) is 4.79 Å². The highest BCUT2D eigenvalue weighted by Crippen LogP contribution is 2.36. The summed E-state index contributed by atoms with van der Waals surface area (Å²) >= 11 is 0. The summed E-state index contributed by atoms with van der Waals surface area (Å²) in [5.41, 5.74) is 4.14. The second-order valence-electron chi connectivity index (χ2n) is 6.94. The molecule has 0 saturated carbocycles. The fourth-order valence-corrected chi connectivity index (χ4v) is 3.38. The van der Waals surface area contributed by atoms with E-state index < -0.39 is 0 Å². The highest BCUT2D eigenvalue weighted by Gasteiger charge is 2.25. The maximum Gasteiger partial charge on any atom is 0.276 e. The third kappa shape index (κ3) is 3.10. The van der Waals surface area contributed by atoms with Gasteiger partial charge < -0.3 is 19.5 Å². The number of benzene rings is 2. The van der Waals surface area contributed by atoms with Gasteiger partial charge in [0.2, 0.25) is 6.79 Å². The van der Waals surface area contributed by atoms with Crippen molar-refractivity contribution in [2.45, 2.75) is 26.2 Å². The van der Waals surface area contributed by atoms with E-state index in [1.165, 1.54) is 0 Å². The first kappa shape index (κ1) is 16.8. The number of carbonyl (C=O) groups is 1.